The van der Waals surface area contributed by atoms with Crippen molar-refractivity contribution in [1.29, 1.82) is 5.26 Å². The average Bonchev–Trinajstić information content (AvgIpc) is 3.13. The van der Waals surface area contributed by atoms with Crippen LogP contribution in [0.3, 0.4) is 0 Å². The Labute approximate surface area is 173 Å². The van der Waals surface area contributed by atoms with Gasteiger partial charge >= 0.3 is 0 Å². The molecule has 1 amide bonds. The molecule has 1 N–H and O–H groups in total. The Balaban J connectivity index is 1.67. The van der Waals surface area contributed by atoms with Crippen LogP contribution in [0.1, 0.15) is 40.3 Å². The van der Waals surface area contributed by atoms with Gasteiger partial charge in [0.2, 0.25) is 0 Å². The number of fused-ring (bicyclic) bond motifs is 1. The predicted molar refractivity (Wildman–Crippen MR) is 112 cm³/mol. The van der Waals surface area contributed by atoms with Crippen LogP contribution in [0.2, 0.25) is 0 Å². The third-order valence-electron chi connectivity index (χ3n) is 4.96. The van der Waals surface area contributed by atoms with E-state index in [-0.39, 0.29) is 5.56 Å². The highest BCUT2D eigenvalue weighted by Crippen LogP contribution is 2.23. The summed E-state index contributed by atoms with van der Waals surface area (Å²) < 4.78 is 16.0. The Hall–Kier alpha value is -3.98. The second-order valence-electron chi connectivity index (χ2n) is 7.03. The largest absolute Gasteiger partial charge is 0.342 e. The standard InChI is InChI=1S/C24H19FN4O/c1-16(27-24(30)19-6-2-3-7-20(19)25)23-28-21-8-4-5-9-22(21)29(23)15-18-12-10-17(14-26)11-13-18/h2-13,16H,15H2,1H3,(H,27,30)/t16-/m1/s1. The lowest BCUT2D eigenvalue weighted by Gasteiger charge is -2.17. The number of amides is 1. The molecule has 30 heavy (non-hydrogen) atoms. The highest BCUT2D eigenvalue weighted by Gasteiger charge is 2.20. The van der Waals surface area contributed by atoms with Crippen molar-refractivity contribution in [3.05, 3.63) is 101 Å². The number of imidazole rings is 1. The second-order valence-corrected chi connectivity index (χ2v) is 7.03. The highest BCUT2D eigenvalue weighted by molar-refractivity contribution is 5.94. The molecule has 0 unspecified atom stereocenters. The number of benzene rings is 3. The number of hydrogen-bond donors (Lipinski definition) is 1. The van der Waals surface area contributed by atoms with Crippen molar-refractivity contribution in [2.45, 2.75) is 19.5 Å². The lowest BCUT2D eigenvalue weighted by Crippen LogP contribution is -2.29. The van der Waals surface area contributed by atoms with Gasteiger partial charge in [0.15, 0.2) is 0 Å². The summed E-state index contributed by atoms with van der Waals surface area (Å²) in [5.41, 5.74) is 3.35. The minimum absolute atomic E-state index is 0.000830. The number of para-hydroxylation sites is 2. The van der Waals surface area contributed by atoms with Gasteiger partial charge in [0.05, 0.1) is 34.3 Å². The van der Waals surface area contributed by atoms with E-state index in [2.05, 4.69) is 11.4 Å². The van der Waals surface area contributed by atoms with E-state index in [1.54, 1.807) is 24.3 Å². The Morgan fingerprint density at radius 1 is 1.10 bits per heavy atom. The maximum absolute atomic E-state index is 14.0. The maximum atomic E-state index is 14.0. The first-order valence-corrected chi connectivity index (χ1v) is 9.56. The molecule has 0 aliphatic heterocycles. The third-order valence-corrected chi connectivity index (χ3v) is 4.96. The minimum atomic E-state index is -0.562. The number of rotatable bonds is 5. The monoisotopic (exact) mass is 398 g/mol. The first-order valence-electron chi connectivity index (χ1n) is 9.56. The van der Waals surface area contributed by atoms with Crippen LogP contribution in [-0.4, -0.2) is 15.5 Å². The van der Waals surface area contributed by atoms with Crippen molar-refractivity contribution in [2.24, 2.45) is 0 Å². The Morgan fingerprint density at radius 3 is 2.53 bits per heavy atom. The van der Waals surface area contributed by atoms with Crippen molar-refractivity contribution in [1.82, 2.24) is 14.9 Å². The zero-order valence-corrected chi connectivity index (χ0v) is 16.3. The fourth-order valence-electron chi connectivity index (χ4n) is 3.44. The van der Waals surface area contributed by atoms with Gasteiger partial charge in [-0.1, -0.05) is 36.4 Å². The number of aromatic nitrogens is 2. The molecule has 4 aromatic rings. The summed E-state index contributed by atoms with van der Waals surface area (Å²) >= 11 is 0. The average molecular weight is 398 g/mol. The summed E-state index contributed by atoms with van der Waals surface area (Å²) in [6.07, 6.45) is 0. The van der Waals surface area contributed by atoms with Crippen LogP contribution in [0, 0.1) is 17.1 Å². The number of carbonyl (C=O) groups excluding carboxylic acids is 1. The summed E-state index contributed by atoms with van der Waals surface area (Å²) in [5, 5.41) is 11.9. The number of halogens is 1. The van der Waals surface area contributed by atoms with Crippen molar-refractivity contribution < 1.29 is 9.18 Å². The summed E-state index contributed by atoms with van der Waals surface area (Å²) in [6.45, 7) is 2.36. The van der Waals surface area contributed by atoms with Crippen LogP contribution >= 0.6 is 0 Å². The van der Waals surface area contributed by atoms with Gasteiger partial charge in [0.25, 0.3) is 5.91 Å². The topological polar surface area (TPSA) is 70.7 Å². The highest BCUT2D eigenvalue weighted by atomic mass is 19.1. The summed E-state index contributed by atoms with van der Waals surface area (Å²) in [7, 11) is 0. The lowest BCUT2D eigenvalue weighted by atomic mass is 10.1. The van der Waals surface area contributed by atoms with E-state index >= 15 is 0 Å². The fraction of sp³-hybridized carbons (Fsp3) is 0.125. The molecule has 0 fully saturated rings. The van der Waals surface area contributed by atoms with Crippen LogP contribution in [0.15, 0.2) is 72.8 Å². The summed E-state index contributed by atoms with van der Waals surface area (Å²) in [5.74, 6) is -0.379. The van der Waals surface area contributed by atoms with Gasteiger partial charge in [-0.15, -0.1) is 0 Å². The minimum Gasteiger partial charge on any atom is -0.342 e. The molecule has 0 radical (unpaired) electrons. The maximum Gasteiger partial charge on any atom is 0.254 e. The number of nitrogens with zero attached hydrogens (tertiary/aromatic N) is 3. The number of nitriles is 1. The van der Waals surface area contributed by atoms with E-state index in [1.165, 1.54) is 12.1 Å². The van der Waals surface area contributed by atoms with E-state index in [1.807, 2.05) is 47.9 Å². The number of hydrogen-bond acceptors (Lipinski definition) is 3. The molecule has 4 rings (SSSR count). The van der Waals surface area contributed by atoms with Gasteiger partial charge in [0, 0.05) is 6.54 Å². The van der Waals surface area contributed by atoms with Crippen LogP contribution in [0.4, 0.5) is 4.39 Å². The third kappa shape index (κ3) is 3.78. The number of nitrogens with one attached hydrogen (secondary N) is 1. The molecule has 0 aliphatic rings. The SMILES string of the molecule is C[C@@H](NC(=O)c1ccccc1F)c1nc2ccccc2n1Cc1ccc(C#N)cc1. The first kappa shape index (κ1) is 19.3. The Morgan fingerprint density at radius 2 is 1.80 bits per heavy atom. The van der Waals surface area contributed by atoms with Gasteiger partial charge in [-0.3, -0.25) is 4.79 Å². The quantitative estimate of drug-likeness (QED) is 0.535. The van der Waals surface area contributed by atoms with Crippen LogP contribution in [0.5, 0.6) is 0 Å². The van der Waals surface area contributed by atoms with Gasteiger partial charge in [-0.25, -0.2) is 9.37 Å². The normalized spacial score (nSPS) is 11.8. The van der Waals surface area contributed by atoms with Crippen LogP contribution < -0.4 is 5.32 Å². The first-order chi connectivity index (χ1) is 14.6. The van der Waals surface area contributed by atoms with Crippen molar-refractivity contribution in [3.8, 4) is 6.07 Å². The summed E-state index contributed by atoms with van der Waals surface area (Å²) in [6, 6.07) is 22.7. The second kappa shape index (κ2) is 8.18. The van der Waals surface area contributed by atoms with Gasteiger partial charge < -0.3 is 9.88 Å². The van der Waals surface area contributed by atoms with Crippen molar-refractivity contribution in [2.75, 3.05) is 0 Å². The zero-order chi connectivity index (χ0) is 21.1. The predicted octanol–water partition coefficient (Wildman–Crippen LogP) is 4.59. The van der Waals surface area contributed by atoms with Crippen LogP contribution in [-0.2, 0) is 6.54 Å². The van der Waals surface area contributed by atoms with E-state index < -0.39 is 17.8 Å². The molecule has 0 saturated heterocycles. The Kier molecular flexibility index (Phi) is 5.27. The summed E-state index contributed by atoms with van der Waals surface area (Å²) in [4.78, 5) is 17.3. The van der Waals surface area contributed by atoms with E-state index in [0.717, 1.165) is 16.6 Å². The molecule has 1 atom stereocenters. The van der Waals surface area contributed by atoms with Gasteiger partial charge in [-0.2, -0.15) is 5.26 Å². The molecular formula is C24H19FN4O. The molecule has 148 valence electrons. The molecule has 0 aliphatic carbocycles. The molecule has 3 aromatic carbocycles. The molecular weight excluding hydrogens is 379 g/mol. The molecule has 6 heteroatoms. The van der Waals surface area contributed by atoms with Gasteiger partial charge in [0.1, 0.15) is 11.6 Å². The smallest absolute Gasteiger partial charge is 0.254 e. The molecule has 1 aromatic heterocycles. The number of carbonyl (C=O) groups is 1. The van der Waals surface area contributed by atoms with E-state index in [4.69, 9.17) is 10.2 Å². The molecule has 0 saturated carbocycles. The molecule has 5 nitrogen and oxygen atoms in total. The van der Waals surface area contributed by atoms with E-state index in [9.17, 15) is 9.18 Å². The van der Waals surface area contributed by atoms with Crippen molar-refractivity contribution in [3.63, 3.8) is 0 Å². The lowest BCUT2D eigenvalue weighted by molar-refractivity contribution is 0.0933. The van der Waals surface area contributed by atoms with Gasteiger partial charge in [-0.05, 0) is 48.9 Å². The fourth-order valence-corrected chi connectivity index (χ4v) is 3.44. The van der Waals surface area contributed by atoms with Crippen LogP contribution in [0.25, 0.3) is 11.0 Å². The zero-order valence-electron chi connectivity index (χ0n) is 16.3. The van der Waals surface area contributed by atoms with Crippen molar-refractivity contribution >= 4 is 16.9 Å². The Bertz CT molecular complexity index is 1250. The molecule has 0 spiro atoms. The van der Waals surface area contributed by atoms with E-state index in [0.29, 0.717) is 17.9 Å². The molecule has 0 bridgehead atoms. The molecule has 1 heterocycles.